The molecule has 0 bridgehead atoms. The molecule has 2 aromatic rings. The van der Waals surface area contributed by atoms with E-state index < -0.39 is 11.7 Å². The second-order valence-corrected chi connectivity index (χ2v) is 5.76. The van der Waals surface area contributed by atoms with Crippen molar-refractivity contribution in [3.8, 4) is 0 Å². The van der Waals surface area contributed by atoms with Gasteiger partial charge in [-0.2, -0.15) is 0 Å². The van der Waals surface area contributed by atoms with Gasteiger partial charge in [0, 0.05) is 11.9 Å². The number of carbonyl (C=O) groups excluding carboxylic acids is 2. The Hall–Kier alpha value is -2.67. The predicted octanol–water partition coefficient (Wildman–Crippen LogP) is 0.359. The van der Waals surface area contributed by atoms with Crippen molar-refractivity contribution in [1.29, 1.82) is 0 Å². The third kappa shape index (κ3) is 3.16. The Bertz CT molecular complexity index is 830. The van der Waals surface area contributed by atoms with Crippen molar-refractivity contribution >= 4 is 22.8 Å². The van der Waals surface area contributed by atoms with Gasteiger partial charge in [-0.3, -0.25) is 9.59 Å². The van der Waals surface area contributed by atoms with Crippen molar-refractivity contribution in [2.45, 2.75) is 25.4 Å². The number of hydrogen-bond donors (Lipinski definition) is 2. The number of nitrogens with two attached hydrogens (primary N) is 1. The molecule has 1 aliphatic rings. The summed E-state index contributed by atoms with van der Waals surface area (Å²) in [5.41, 5.74) is 5.78. The zero-order chi connectivity index (χ0) is 17.1. The van der Waals surface area contributed by atoms with Gasteiger partial charge in [-0.25, -0.2) is 4.79 Å². The summed E-state index contributed by atoms with van der Waals surface area (Å²) in [6.45, 7) is 0.484. The molecule has 1 aromatic carbocycles. The van der Waals surface area contributed by atoms with E-state index in [9.17, 15) is 14.4 Å². The quantitative estimate of drug-likeness (QED) is 0.788. The van der Waals surface area contributed by atoms with Gasteiger partial charge in [0.1, 0.15) is 11.6 Å². The average molecular weight is 329 g/mol. The number of rotatable bonds is 4. The molecule has 0 aliphatic carbocycles. The van der Waals surface area contributed by atoms with Crippen molar-refractivity contribution in [1.82, 2.24) is 10.2 Å². The largest absolute Gasteiger partial charge is 0.422 e. The number of hydrogen-bond acceptors (Lipinski definition) is 5. The van der Waals surface area contributed by atoms with Gasteiger partial charge in [0.2, 0.25) is 11.8 Å². The van der Waals surface area contributed by atoms with Crippen LogP contribution in [0.3, 0.4) is 0 Å². The predicted molar refractivity (Wildman–Crippen MR) is 88.1 cm³/mol. The van der Waals surface area contributed by atoms with Gasteiger partial charge >= 0.3 is 5.63 Å². The second kappa shape index (κ2) is 6.84. The smallest absolute Gasteiger partial charge is 0.341 e. The standard InChI is InChI=1S/C17H19N3O4/c18-9-15(21)20-7-3-5-13(20)16(22)19-10-12-8-11-4-1-2-6-14(11)24-17(12)23/h1-2,4,6,8,13H,3,5,7,9-10,18H2,(H,19,22). The summed E-state index contributed by atoms with van der Waals surface area (Å²) in [4.78, 5) is 37.6. The molecule has 7 heteroatoms. The van der Waals surface area contributed by atoms with Gasteiger partial charge in [0.25, 0.3) is 0 Å². The lowest BCUT2D eigenvalue weighted by Gasteiger charge is -2.23. The van der Waals surface area contributed by atoms with Crippen LogP contribution in [0.25, 0.3) is 11.0 Å². The number of benzene rings is 1. The first kappa shape index (κ1) is 16.2. The van der Waals surface area contributed by atoms with Gasteiger partial charge in [-0.15, -0.1) is 0 Å². The van der Waals surface area contributed by atoms with E-state index in [2.05, 4.69) is 5.32 Å². The molecule has 2 amide bonds. The highest BCUT2D eigenvalue weighted by Crippen LogP contribution is 2.17. The molecule has 2 heterocycles. The van der Waals surface area contributed by atoms with Gasteiger partial charge in [0.15, 0.2) is 0 Å². The fraction of sp³-hybridized carbons (Fsp3) is 0.353. The van der Waals surface area contributed by atoms with E-state index in [4.69, 9.17) is 10.2 Å². The number of nitrogens with zero attached hydrogens (tertiary/aromatic N) is 1. The third-order valence-corrected chi connectivity index (χ3v) is 4.22. The molecule has 1 aromatic heterocycles. The van der Waals surface area contributed by atoms with Crippen molar-refractivity contribution < 1.29 is 14.0 Å². The van der Waals surface area contributed by atoms with Crippen LogP contribution in [0.2, 0.25) is 0 Å². The Morgan fingerprint density at radius 1 is 1.33 bits per heavy atom. The molecule has 24 heavy (non-hydrogen) atoms. The van der Waals surface area contributed by atoms with E-state index in [0.717, 1.165) is 11.8 Å². The van der Waals surface area contributed by atoms with Crippen molar-refractivity contribution in [2.75, 3.05) is 13.1 Å². The lowest BCUT2D eigenvalue weighted by atomic mass is 10.1. The van der Waals surface area contributed by atoms with Gasteiger partial charge < -0.3 is 20.4 Å². The summed E-state index contributed by atoms with van der Waals surface area (Å²) in [5.74, 6) is -0.514. The van der Waals surface area contributed by atoms with E-state index in [1.165, 1.54) is 4.90 Å². The Morgan fingerprint density at radius 2 is 2.12 bits per heavy atom. The van der Waals surface area contributed by atoms with Crippen LogP contribution in [-0.4, -0.2) is 35.8 Å². The maximum atomic E-state index is 12.3. The molecule has 7 nitrogen and oxygen atoms in total. The number of para-hydroxylation sites is 1. The minimum Gasteiger partial charge on any atom is -0.422 e. The van der Waals surface area contributed by atoms with Gasteiger partial charge in [-0.1, -0.05) is 18.2 Å². The molecule has 3 rings (SSSR count). The van der Waals surface area contributed by atoms with Crippen LogP contribution < -0.4 is 16.7 Å². The molecule has 0 radical (unpaired) electrons. The van der Waals surface area contributed by atoms with Crippen LogP contribution in [0, 0.1) is 0 Å². The van der Waals surface area contributed by atoms with Crippen molar-refractivity contribution in [2.24, 2.45) is 5.73 Å². The molecular formula is C17H19N3O4. The summed E-state index contributed by atoms with van der Waals surface area (Å²) < 4.78 is 5.24. The van der Waals surface area contributed by atoms with E-state index in [0.29, 0.717) is 24.1 Å². The zero-order valence-electron chi connectivity index (χ0n) is 13.2. The van der Waals surface area contributed by atoms with Crippen LogP contribution >= 0.6 is 0 Å². The highest BCUT2D eigenvalue weighted by Gasteiger charge is 2.33. The first-order valence-corrected chi connectivity index (χ1v) is 7.89. The van der Waals surface area contributed by atoms with Crippen molar-refractivity contribution in [3.63, 3.8) is 0 Å². The van der Waals surface area contributed by atoms with E-state index >= 15 is 0 Å². The SMILES string of the molecule is NCC(=O)N1CCCC1C(=O)NCc1cc2ccccc2oc1=O. The van der Waals surface area contributed by atoms with E-state index in [1.807, 2.05) is 12.1 Å². The molecule has 3 N–H and O–H groups in total. The van der Waals surface area contributed by atoms with Crippen LogP contribution in [0.5, 0.6) is 0 Å². The average Bonchev–Trinajstić information content (AvgIpc) is 3.08. The van der Waals surface area contributed by atoms with Crippen LogP contribution in [0.15, 0.2) is 39.5 Å². The number of nitrogens with one attached hydrogen (secondary N) is 1. The van der Waals surface area contributed by atoms with Gasteiger partial charge in [-0.05, 0) is 25.0 Å². The maximum Gasteiger partial charge on any atom is 0.341 e. The molecule has 126 valence electrons. The molecule has 1 unspecified atom stereocenters. The fourth-order valence-corrected chi connectivity index (χ4v) is 2.98. The summed E-state index contributed by atoms with van der Waals surface area (Å²) in [5, 5.41) is 3.52. The van der Waals surface area contributed by atoms with Crippen LogP contribution in [0.1, 0.15) is 18.4 Å². The van der Waals surface area contributed by atoms with E-state index in [-0.39, 0.29) is 24.9 Å². The summed E-state index contributed by atoms with van der Waals surface area (Å²) in [6, 6.07) is 8.37. The minimum absolute atomic E-state index is 0.0627. The summed E-state index contributed by atoms with van der Waals surface area (Å²) in [7, 11) is 0. The van der Waals surface area contributed by atoms with E-state index in [1.54, 1.807) is 18.2 Å². The van der Waals surface area contributed by atoms with Crippen LogP contribution in [0.4, 0.5) is 0 Å². The number of carbonyl (C=O) groups is 2. The minimum atomic E-state index is -0.520. The third-order valence-electron chi connectivity index (χ3n) is 4.22. The topological polar surface area (TPSA) is 106 Å². The number of likely N-dealkylation sites (tertiary alicyclic amines) is 1. The number of amides is 2. The summed E-state index contributed by atoms with van der Waals surface area (Å²) in [6.07, 6.45) is 1.37. The van der Waals surface area contributed by atoms with Crippen molar-refractivity contribution in [3.05, 3.63) is 46.3 Å². The molecule has 0 saturated carbocycles. The molecule has 1 aliphatic heterocycles. The Balaban J connectivity index is 1.71. The Morgan fingerprint density at radius 3 is 2.92 bits per heavy atom. The van der Waals surface area contributed by atoms with Crippen LogP contribution in [-0.2, 0) is 16.1 Å². The Labute approximate surface area is 138 Å². The highest BCUT2D eigenvalue weighted by molar-refractivity contribution is 5.89. The molecule has 0 spiro atoms. The Kier molecular flexibility index (Phi) is 4.61. The van der Waals surface area contributed by atoms with Gasteiger partial charge in [0.05, 0.1) is 18.7 Å². The molecule has 1 saturated heterocycles. The highest BCUT2D eigenvalue weighted by atomic mass is 16.4. The second-order valence-electron chi connectivity index (χ2n) is 5.76. The normalized spacial score (nSPS) is 17.2. The lowest BCUT2D eigenvalue weighted by molar-refractivity contribution is -0.137. The molecular weight excluding hydrogens is 310 g/mol. The monoisotopic (exact) mass is 329 g/mol. The number of fused-ring (bicyclic) bond motifs is 1. The first-order chi connectivity index (χ1) is 11.6. The fourth-order valence-electron chi connectivity index (χ4n) is 2.98. The molecule has 1 atom stereocenters. The zero-order valence-corrected chi connectivity index (χ0v) is 13.2. The summed E-state index contributed by atoms with van der Waals surface area (Å²) >= 11 is 0. The maximum absolute atomic E-state index is 12.3. The molecule has 1 fully saturated rings. The lowest BCUT2D eigenvalue weighted by Crippen LogP contribution is -2.47. The first-order valence-electron chi connectivity index (χ1n) is 7.89.